The molecular weight excluding hydrogens is 160 g/mol. The van der Waals surface area contributed by atoms with Gasteiger partial charge in [-0.25, -0.2) is 0 Å². The van der Waals surface area contributed by atoms with Gasteiger partial charge in [0, 0.05) is 16.6 Å². The van der Waals surface area contributed by atoms with Gasteiger partial charge in [0.1, 0.15) is 0 Å². The second-order valence-corrected chi connectivity index (χ2v) is 5.00. The average molecular weight is 176 g/mol. The molecular formula is C8H16O2S. The van der Waals surface area contributed by atoms with Crippen molar-refractivity contribution >= 4 is 10.8 Å². The van der Waals surface area contributed by atoms with Crippen LogP contribution >= 0.6 is 0 Å². The zero-order chi connectivity index (χ0) is 8.27. The number of aliphatic hydroxyl groups is 1. The molecule has 0 heterocycles. The Kier molecular flexibility index (Phi) is 3.52. The third-order valence-electron chi connectivity index (χ3n) is 2.29. The molecule has 0 aliphatic heterocycles. The van der Waals surface area contributed by atoms with Gasteiger partial charge in [-0.3, -0.25) is 4.21 Å². The fourth-order valence-electron chi connectivity index (χ4n) is 1.60. The molecule has 0 aromatic heterocycles. The van der Waals surface area contributed by atoms with Crippen LogP contribution in [0.2, 0.25) is 0 Å². The van der Waals surface area contributed by atoms with E-state index in [0.717, 1.165) is 25.7 Å². The largest absolute Gasteiger partial charge is 0.392 e. The summed E-state index contributed by atoms with van der Waals surface area (Å²) in [6.07, 6.45) is 3.72. The van der Waals surface area contributed by atoms with Crippen molar-refractivity contribution in [2.45, 2.75) is 44.0 Å². The number of hydrogen-bond acceptors (Lipinski definition) is 2. The first-order valence-electron chi connectivity index (χ1n) is 4.31. The normalized spacial score (nSPS) is 35.1. The Balaban J connectivity index is 2.47. The summed E-state index contributed by atoms with van der Waals surface area (Å²) in [4.78, 5) is 0. The quantitative estimate of drug-likeness (QED) is 0.683. The standard InChI is InChI=1S/C8H16O2S/c1-2-11(10)8-6-4-3-5-7(8)9/h7-9H,2-6H2,1H3/t7-,8+,11-/m1/s1. The zero-order valence-electron chi connectivity index (χ0n) is 6.95. The highest BCUT2D eigenvalue weighted by Gasteiger charge is 2.26. The summed E-state index contributed by atoms with van der Waals surface area (Å²) < 4.78 is 11.3. The zero-order valence-corrected chi connectivity index (χ0v) is 7.77. The van der Waals surface area contributed by atoms with Crippen LogP contribution in [0, 0.1) is 0 Å². The molecule has 1 rings (SSSR count). The molecule has 0 aromatic carbocycles. The van der Waals surface area contributed by atoms with Crippen molar-refractivity contribution in [3.05, 3.63) is 0 Å². The fraction of sp³-hybridized carbons (Fsp3) is 1.00. The smallest absolute Gasteiger partial charge is 0.0683 e. The lowest BCUT2D eigenvalue weighted by Gasteiger charge is -2.26. The maximum atomic E-state index is 11.3. The second kappa shape index (κ2) is 4.21. The van der Waals surface area contributed by atoms with E-state index < -0.39 is 10.8 Å². The van der Waals surface area contributed by atoms with Crippen LogP contribution in [0.5, 0.6) is 0 Å². The molecule has 0 radical (unpaired) electrons. The summed E-state index contributed by atoms with van der Waals surface area (Å²) >= 11 is 0. The van der Waals surface area contributed by atoms with Crippen LogP contribution < -0.4 is 0 Å². The first-order valence-corrected chi connectivity index (χ1v) is 5.69. The Morgan fingerprint density at radius 2 is 2.09 bits per heavy atom. The molecule has 0 saturated heterocycles. The number of hydrogen-bond donors (Lipinski definition) is 1. The molecule has 2 nitrogen and oxygen atoms in total. The molecule has 1 N–H and O–H groups in total. The van der Waals surface area contributed by atoms with Crippen molar-refractivity contribution in [1.82, 2.24) is 0 Å². The Morgan fingerprint density at radius 3 is 2.64 bits per heavy atom. The fourth-order valence-corrected chi connectivity index (χ4v) is 2.94. The number of aliphatic hydroxyl groups excluding tert-OH is 1. The SMILES string of the molecule is CC[S@@](=O)[C@H]1CCCC[C@H]1O. The Labute approximate surface area is 70.5 Å². The highest BCUT2D eigenvalue weighted by Crippen LogP contribution is 2.22. The summed E-state index contributed by atoms with van der Waals surface area (Å²) in [5.74, 6) is 0.682. The molecule has 1 aliphatic carbocycles. The highest BCUT2D eigenvalue weighted by atomic mass is 32.2. The van der Waals surface area contributed by atoms with Crippen molar-refractivity contribution in [2.24, 2.45) is 0 Å². The molecule has 3 heteroatoms. The van der Waals surface area contributed by atoms with Gasteiger partial charge in [-0.2, -0.15) is 0 Å². The molecule has 1 aliphatic rings. The van der Waals surface area contributed by atoms with Crippen molar-refractivity contribution in [2.75, 3.05) is 5.75 Å². The monoisotopic (exact) mass is 176 g/mol. The van der Waals surface area contributed by atoms with Gasteiger partial charge in [0.15, 0.2) is 0 Å². The first kappa shape index (κ1) is 9.20. The second-order valence-electron chi connectivity index (χ2n) is 3.06. The van der Waals surface area contributed by atoms with E-state index in [2.05, 4.69) is 0 Å². The molecule has 0 unspecified atom stereocenters. The molecule has 0 amide bonds. The van der Waals surface area contributed by atoms with Crippen LogP contribution in [0.15, 0.2) is 0 Å². The van der Waals surface area contributed by atoms with E-state index in [0.29, 0.717) is 5.75 Å². The first-order chi connectivity index (χ1) is 5.25. The predicted molar refractivity (Wildman–Crippen MR) is 46.9 cm³/mol. The van der Waals surface area contributed by atoms with E-state index in [-0.39, 0.29) is 11.4 Å². The average Bonchev–Trinajstić information content (AvgIpc) is 2.04. The maximum Gasteiger partial charge on any atom is 0.0683 e. The number of rotatable bonds is 2. The van der Waals surface area contributed by atoms with Crippen LogP contribution in [0.3, 0.4) is 0 Å². The molecule has 1 saturated carbocycles. The van der Waals surface area contributed by atoms with E-state index in [1.54, 1.807) is 0 Å². The Morgan fingerprint density at radius 1 is 1.45 bits per heavy atom. The summed E-state index contributed by atoms with van der Waals surface area (Å²) in [6.45, 7) is 1.91. The van der Waals surface area contributed by atoms with E-state index >= 15 is 0 Å². The van der Waals surface area contributed by atoms with E-state index in [9.17, 15) is 9.32 Å². The van der Waals surface area contributed by atoms with Crippen LogP contribution in [-0.4, -0.2) is 26.4 Å². The molecule has 0 aromatic rings. The van der Waals surface area contributed by atoms with Gasteiger partial charge in [-0.05, 0) is 12.8 Å². The third-order valence-corrected chi connectivity index (χ3v) is 4.08. The van der Waals surface area contributed by atoms with Gasteiger partial charge in [0.05, 0.1) is 11.4 Å². The summed E-state index contributed by atoms with van der Waals surface area (Å²) in [5, 5.41) is 9.54. The predicted octanol–water partition coefficient (Wildman–Crippen LogP) is 1.06. The lowest BCUT2D eigenvalue weighted by molar-refractivity contribution is 0.135. The van der Waals surface area contributed by atoms with Gasteiger partial charge in [-0.15, -0.1) is 0 Å². The molecule has 66 valence electrons. The van der Waals surface area contributed by atoms with E-state index in [4.69, 9.17) is 0 Å². The highest BCUT2D eigenvalue weighted by molar-refractivity contribution is 7.85. The van der Waals surface area contributed by atoms with Crippen LogP contribution in [0.25, 0.3) is 0 Å². The lowest BCUT2D eigenvalue weighted by atomic mass is 9.97. The topological polar surface area (TPSA) is 37.3 Å². The molecule has 11 heavy (non-hydrogen) atoms. The van der Waals surface area contributed by atoms with Gasteiger partial charge < -0.3 is 5.11 Å². The summed E-state index contributed by atoms with van der Waals surface area (Å²) in [5.41, 5.74) is 0. The van der Waals surface area contributed by atoms with Crippen LogP contribution in [-0.2, 0) is 10.8 Å². The van der Waals surface area contributed by atoms with E-state index in [1.807, 2.05) is 6.92 Å². The van der Waals surface area contributed by atoms with Crippen molar-refractivity contribution in [1.29, 1.82) is 0 Å². The molecule has 1 fully saturated rings. The van der Waals surface area contributed by atoms with Gasteiger partial charge >= 0.3 is 0 Å². The molecule has 3 atom stereocenters. The van der Waals surface area contributed by atoms with Crippen molar-refractivity contribution < 1.29 is 9.32 Å². The summed E-state index contributed by atoms with van der Waals surface area (Å²) in [7, 11) is -0.794. The summed E-state index contributed by atoms with van der Waals surface area (Å²) in [6, 6.07) is 0. The minimum atomic E-state index is -0.794. The minimum absolute atomic E-state index is 0.0637. The van der Waals surface area contributed by atoms with E-state index in [1.165, 1.54) is 0 Å². The van der Waals surface area contributed by atoms with Crippen LogP contribution in [0.1, 0.15) is 32.6 Å². The lowest BCUT2D eigenvalue weighted by Crippen LogP contribution is -2.34. The van der Waals surface area contributed by atoms with Crippen molar-refractivity contribution in [3.8, 4) is 0 Å². The minimum Gasteiger partial charge on any atom is -0.392 e. The molecule has 0 spiro atoms. The van der Waals surface area contributed by atoms with Gasteiger partial charge in [0.25, 0.3) is 0 Å². The van der Waals surface area contributed by atoms with Crippen LogP contribution in [0.4, 0.5) is 0 Å². The Hall–Kier alpha value is 0.110. The van der Waals surface area contributed by atoms with Gasteiger partial charge in [-0.1, -0.05) is 19.8 Å². The van der Waals surface area contributed by atoms with Gasteiger partial charge in [0.2, 0.25) is 0 Å². The van der Waals surface area contributed by atoms with Crippen molar-refractivity contribution in [3.63, 3.8) is 0 Å². The third kappa shape index (κ3) is 2.27. The molecule has 0 bridgehead atoms. The maximum absolute atomic E-state index is 11.3. The Bertz CT molecular complexity index is 147.